The Kier molecular flexibility index (Phi) is 2.43. The summed E-state index contributed by atoms with van der Waals surface area (Å²) in [6.45, 7) is 1.40. The van der Waals surface area contributed by atoms with E-state index >= 15 is 0 Å². The Morgan fingerprint density at radius 3 is 2.42 bits per heavy atom. The summed E-state index contributed by atoms with van der Waals surface area (Å²) in [6.07, 6.45) is 0. The SMILES string of the molecule is Cc1ccc(C(=O)Cl)c(F)c1F. The molecule has 0 radical (unpaired) electrons. The van der Waals surface area contributed by atoms with Gasteiger partial charge in [0.1, 0.15) is 0 Å². The van der Waals surface area contributed by atoms with Gasteiger partial charge in [-0.1, -0.05) is 6.07 Å². The van der Waals surface area contributed by atoms with E-state index in [1.165, 1.54) is 13.0 Å². The van der Waals surface area contributed by atoms with E-state index in [0.717, 1.165) is 6.07 Å². The summed E-state index contributed by atoms with van der Waals surface area (Å²) in [5, 5.41) is -0.994. The molecule has 0 heterocycles. The van der Waals surface area contributed by atoms with E-state index in [-0.39, 0.29) is 5.56 Å². The summed E-state index contributed by atoms with van der Waals surface area (Å²) in [7, 11) is 0. The van der Waals surface area contributed by atoms with Crippen LogP contribution in [0.3, 0.4) is 0 Å². The fraction of sp³-hybridized carbons (Fsp3) is 0.125. The number of rotatable bonds is 1. The van der Waals surface area contributed by atoms with Crippen molar-refractivity contribution >= 4 is 16.8 Å². The molecule has 0 fully saturated rings. The van der Waals surface area contributed by atoms with Crippen molar-refractivity contribution in [2.24, 2.45) is 0 Å². The van der Waals surface area contributed by atoms with E-state index in [9.17, 15) is 13.6 Å². The normalized spacial score (nSPS) is 10.0. The maximum atomic E-state index is 12.8. The Balaban J connectivity index is 3.36. The van der Waals surface area contributed by atoms with Crippen LogP contribution < -0.4 is 0 Å². The highest BCUT2D eigenvalue weighted by Crippen LogP contribution is 2.16. The van der Waals surface area contributed by atoms with Crippen LogP contribution in [0.2, 0.25) is 0 Å². The van der Waals surface area contributed by atoms with E-state index < -0.39 is 22.4 Å². The molecular weight excluding hydrogens is 186 g/mol. The summed E-state index contributed by atoms with van der Waals surface area (Å²) in [5.74, 6) is -2.21. The van der Waals surface area contributed by atoms with Crippen LogP contribution in [0, 0.1) is 18.6 Å². The molecule has 0 saturated carbocycles. The maximum absolute atomic E-state index is 12.8. The van der Waals surface area contributed by atoms with Gasteiger partial charge >= 0.3 is 0 Å². The first kappa shape index (κ1) is 9.13. The van der Waals surface area contributed by atoms with Crippen molar-refractivity contribution in [2.45, 2.75) is 6.92 Å². The highest BCUT2D eigenvalue weighted by molar-refractivity contribution is 6.67. The standard InChI is InChI=1S/C8H5ClF2O/c1-4-2-3-5(8(9)12)7(11)6(4)10/h2-3H,1H3. The molecule has 0 atom stereocenters. The zero-order chi connectivity index (χ0) is 9.30. The molecule has 1 aromatic rings. The summed E-state index contributed by atoms with van der Waals surface area (Å²) >= 11 is 4.99. The van der Waals surface area contributed by atoms with Gasteiger partial charge in [0.05, 0.1) is 5.56 Å². The quantitative estimate of drug-likeness (QED) is 0.623. The first-order valence-corrected chi connectivity index (χ1v) is 3.56. The molecule has 12 heavy (non-hydrogen) atoms. The molecule has 0 N–H and O–H groups in total. The lowest BCUT2D eigenvalue weighted by molar-refractivity contribution is 0.107. The molecule has 0 amide bonds. The van der Waals surface area contributed by atoms with Gasteiger partial charge in [0, 0.05) is 0 Å². The van der Waals surface area contributed by atoms with Gasteiger partial charge in [-0.2, -0.15) is 0 Å². The predicted octanol–water partition coefficient (Wildman–Crippen LogP) is 2.65. The van der Waals surface area contributed by atoms with Crippen LogP contribution in [0.15, 0.2) is 12.1 Å². The Morgan fingerprint density at radius 1 is 1.33 bits per heavy atom. The first-order chi connectivity index (χ1) is 5.54. The fourth-order valence-electron chi connectivity index (χ4n) is 0.798. The second-order valence-corrected chi connectivity index (χ2v) is 2.67. The molecule has 0 unspecified atom stereocenters. The lowest BCUT2D eigenvalue weighted by atomic mass is 10.1. The molecule has 64 valence electrons. The minimum Gasteiger partial charge on any atom is -0.275 e. The minimum atomic E-state index is -1.19. The average molecular weight is 191 g/mol. The van der Waals surface area contributed by atoms with Gasteiger partial charge in [-0.3, -0.25) is 4.79 Å². The Hall–Kier alpha value is -0.960. The lowest BCUT2D eigenvalue weighted by Gasteiger charge is -2.00. The molecule has 0 spiro atoms. The molecule has 0 aliphatic carbocycles. The van der Waals surface area contributed by atoms with Gasteiger partial charge in [0.15, 0.2) is 11.6 Å². The maximum Gasteiger partial charge on any atom is 0.255 e. The second-order valence-electron chi connectivity index (χ2n) is 2.33. The van der Waals surface area contributed by atoms with Gasteiger partial charge < -0.3 is 0 Å². The molecule has 1 rings (SSSR count). The van der Waals surface area contributed by atoms with Gasteiger partial charge in [-0.15, -0.1) is 0 Å². The van der Waals surface area contributed by atoms with Crippen LogP contribution in [0.25, 0.3) is 0 Å². The number of hydrogen-bond acceptors (Lipinski definition) is 1. The highest BCUT2D eigenvalue weighted by Gasteiger charge is 2.14. The molecule has 1 nitrogen and oxygen atoms in total. The zero-order valence-electron chi connectivity index (χ0n) is 6.20. The molecule has 0 bridgehead atoms. The van der Waals surface area contributed by atoms with E-state index in [2.05, 4.69) is 0 Å². The molecule has 0 aromatic heterocycles. The third-order valence-corrected chi connectivity index (χ3v) is 1.69. The highest BCUT2D eigenvalue weighted by atomic mass is 35.5. The van der Waals surface area contributed by atoms with Crippen LogP contribution in [0.4, 0.5) is 8.78 Å². The Morgan fingerprint density at radius 2 is 1.92 bits per heavy atom. The third kappa shape index (κ3) is 1.46. The van der Waals surface area contributed by atoms with Crippen molar-refractivity contribution < 1.29 is 13.6 Å². The van der Waals surface area contributed by atoms with E-state index in [0.29, 0.717) is 0 Å². The van der Waals surface area contributed by atoms with Crippen LogP contribution in [0.1, 0.15) is 15.9 Å². The number of aryl methyl sites for hydroxylation is 1. The van der Waals surface area contributed by atoms with Crippen LogP contribution in [-0.2, 0) is 0 Å². The fourth-order valence-corrected chi connectivity index (χ4v) is 0.944. The molecule has 0 aliphatic heterocycles. The van der Waals surface area contributed by atoms with E-state index in [1.54, 1.807) is 0 Å². The number of hydrogen-bond donors (Lipinski definition) is 0. The summed E-state index contributed by atoms with van der Waals surface area (Å²) in [5.41, 5.74) is -0.283. The van der Waals surface area contributed by atoms with Gasteiger partial charge in [0.25, 0.3) is 5.24 Å². The first-order valence-electron chi connectivity index (χ1n) is 3.18. The summed E-state index contributed by atoms with van der Waals surface area (Å²) in [6, 6.07) is 2.46. The van der Waals surface area contributed by atoms with Crippen LogP contribution in [-0.4, -0.2) is 5.24 Å². The van der Waals surface area contributed by atoms with Crippen molar-refractivity contribution in [3.63, 3.8) is 0 Å². The summed E-state index contributed by atoms with van der Waals surface area (Å²) in [4.78, 5) is 10.5. The third-order valence-electron chi connectivity index (χ3n) is 1.49. The van der Waals surface area contributed by atoms with Crippen molar-refractivity contribution in [3.8, 4) is 0 Å². The lowest BCUT2D eigenvalue weighted by Crippen LogP contribution is -1.99. The molecule has 0 aliphatic rings. The molecule has 1 aromatic carbocycles. The molecule has 4 heteroatoms. The van der Waals surface area contributed by atoms with Crippen molar-refractivity contribution in [2.75, 3.05) is 0 Å². The second kappa shape index (κ2) is 3.19. The van der Waals surface area contributed by atoms with Crippen molar-refractivity contribution in [3.05, 3.63) is 34.9 Å². The predicted molar refractivity (Wildman–Crippen MR) is 41.3 cm³/mol. The van der Waals surface area contributed by atoms with Crippen LogP contribution in [0.5, 0.6) is 0 Å². The Labute approximate surface area is 73.0 Å². The van der Waals surface area contributed by atoms with E-state index in [4.69, 9.17) is 11.6 Å². The number of benzene rings is 1. The molecular formula is C8H5ClF2O. The van der Waals surface area contributed by atoms with Crippen molar-refractivity contribution in [1.82, 2.24) is 0 Å². The van der Waals surface area contributed by atoms with Gasteiger partial charge in [-0.05, 0) is 30.2 Å². The largest absolute Gasteiger partial charge is 0.275 e. The molecule has 0 saturated heterocycles. The number of carbonyl (C=O) groups excluding carboxylic acids is 1. The van der Waals surface area contributed by atoms with Crippen LogP contribution >= 0.6 is 11.6 Å². The number of halogens is 3. The Bertz CT molecular complexity index is 336. The topological polar surface area (TPSA) is 17.1 Å². The van der Waals surface area contributed by atoms with Gasteiger partial charge in [0.2, 0.25) is 0 Å². The average Bonchev–Trinajstić information content (AvgIpc) is 2.00. The number of carbonyl (C=O) groups is 1. The smallest absolute Gasteiger partial charge is 0.255 e. The van der Waals surface area contributed by atoms with Gasteiger partial charge in [-0.25, -0.2) is 8.78 Å². The van der Waals surface area contributed by atoms with Crippen molar-refractivity contribution in [1.29, 1.82) is 0 Å². The minimum absolute atomic E-state index is 0.147. The zero-order valence-corrected chi connectivity index (χ0v) is 6.95. The summed E-state index contributed by atoms with van der Waals surface area (Å²) < 4.78 is 25.6. The monoisotopic (exact) mass is 190 g/mol. The van der Waals surface area contributed by atoms with E-state index in [1.807, 2.05) is 0 Å².